The maximum Gasteiger partial charge on any atom is 0.292 e. The first-order valence-electron chi connectivity index (χ1n) is 8.99. The number of nitro groups is 1. The molecular weight excluding hydrogens is 346 g/mol. The Labute approximate surface area is 159 Å². The first kappa shape index (κ1) is 18.8. The van der Waals surface area contributed by atoms with Crippen molar-refractivity contribution < 1.29 is 14.4 Å². The Morgan fingerprint density at radius 2 is 1.70 bits per heavy atom. The molecule has 0 amide bonds. The van der Waals surface area contributed by atoms with Gasteiger partial charge in [-0.1, -0.05) is 6.07 Å². The van der Waals surface area contributed by atoms with Crippen LogP contribution in [0, 0.1) is 17.0 Å². The minimum atomic E-state index is -0.296. The number of hydrogen-bond donors (Lipinski definition) is 1. The highest BCUT2D eigenvalue weighted by atomic mass is 16.6. The van der Waals surface area contributed by atoms with E-state index >= 15 is 0 Å². The Bertz CT molecular complexity index is 795. The van der Waals surface area contributed by atoms with Crippen LogP contribution in [0.5, 0.6) is 11.5 Å². The van der Waals surface area contributed by atoms with Gasteiger partial charge in [0, 0.05) is 49.1 Å². The number of anilines is 2. The van der Waals surface area contributed by atoms with Gasteiger partial charge < -0.3 is 19.7 Å². The minimum absolute atomic E-state index is 0.180. The number of hydrogen-bond acceptors (Lipinski definition) is 6. The molecule has 3 rings (SSSR count). The lowest BCUT2D eigenvalue weighted by atomic mass is 10.0. The normalized spacial score (nSPS) is 14.7. The quantitative estimate of drug-likeness (QED) is 0.611. The first-order chi connectivity index (χ1) is 13.0. The second kappa shape index (κ2) is 8.16. The average Bonchev–Trinajstić information content (AvgIpc) is 2.68. The van der Waals surface area contributed by atoms with Crippen LogP contribution >= 0.6 is 0 Å². The predicted octanol–water partition coefficient (Wildman–Crippen LogP) is 4.00. The second-order valence-electron chi connectivity index (χ2n) is 6.76. The summed E-state index contributed by atoms with van der Waals surface area (Å²) in [6.45, 7) is 3.40. The fourth-order valence-electron chi connectivity index (χ4n) is 3.44. The summed E-state index contributed by atoms with van der Waals surface area (Å²) in [6, 6.07) is 11.4. The van der Waals surface area contributed by atoms with E-state index in [-0.39, 0.29) is 10.6 Å². The van der Waals surface area contributed by atoms with Gasteiger partial charge in [-0.25, -0.2) is 0 Å². The van der Waals surface area contributed by atoms with Crippen LogP contribution in [0.1, 0.15) is 18.4 Å². The lowest BCUT2D eigenvalue weighted by molar-refractivity contribution is -0.384. The van der Waals surface area contributed by atoms with Crippen LogP contribution in [0.25, 0.3) is 0 Å². The van der Waals surface area contributed by atoms with Gasteiger partial charge in [-0.05, 0) is 31.4 Å². The summed E-state index contributed by atoms with van der Waals surface area (Å²) in [5.74, 6) is 1.48. The van der Waals surface area contributed by atoms with Crippen molar-refractivity contribution in [1.82, 2.24) is 0 Å². The molecule has 2 aromatic rings. The number of methoxy groups -OCH3 is 2. The lowest BCUT2D eigenvalue weighted by Crippen LogP contribution is -2.39. The molecule has 0 bridgehead atoms. The van der Waals surface area contributed by atoms with Crippen LogP contribution in [0.15, 0.2) is 36.4 Å². The standard InChI is InChI=1S/C20H25N3O4/c1-14-4-5-19(20(10-14)23(24)25)22-8-6-15(7-9-22)21-16-11-17(26-2)13-18(12-16)27-3/h4-5,10-13,15,21H,6-9H2,1-3H3. The molecule has 0 atom stereocenters. The van der Waals surface area contributed by atoms with Crippen molar-refractivity contribution in [1.29, 1.82) is 0 Å². The van der Waals surface area contributed by atoms with Crippen LogP contribution in [-0.4, -0.2) is 38.3 Å². The molecule has 27 heavy (non-hydrogen) atoms. The lowest BCUT2D eigenvalue weighted by Gasteiger charge is -2.34. The van der Waals surface area contributed by atoms with E-state index in [1.54, 1.807) is 20.3 Å². The Kier molecular flexibility index (Phi) is 5.69. The minimum Gasteiger partial charge on any atom is -0.497 e. The smallest absolute Gasteiger partial charge is 0.292 e. The average molecular weight is 371 g/mol. The van der Waals surface area contributed by atoms with E-state index in [0.29, 0.717) is 11.7 Å². The molecule has 2 aromatic carbocycles. The number of benzene rings is 2. The molecule has 1 N–H and O–H groups in total. The van der Waals surface area contributed by atoms with Crippen molar-refractivity contribution in [2.24, 2.45) is 0 Å². The molecule has 1 aliphatic rings. The summed E-state index contributed by atoms with van der Waals surface area (Å²) < 4.78 is 10.6. The molecule has 144 valence electrons. The van der Waals surface area contributed by atoms with E-state index in [1.807, 2.05) is 37.3 Å². The molecule has 1 heterocycles. The van der Waals surface area contributed by atoms with Crippen molar-refractivity contribution >= 4 is 17.1 Å². The zero-order valence-electron chi connectivity index (χ0n) is 15.9. The highest BCUT2D eigenvalue weighted by Gasteiger charge is 2.25. The Balaban J connectivity index is 1.67. The van der Waals surface area contributed by atoms with Crippen LogP contribution in [0.3, 0.4) is 0 Å². The molecule has 1 aliphatic heterocycles. The number of rotatable bonds is 6. The van der Waals surface area contributed by atoms with E-state index < -0.39 is 0 Å². The third kappa shape index (κ3) is 4.42. The number of nitro benzene ring substituents is 1. The Hall–Kier alpha value is -2.96. The Morgan fingerprint density at radius 3 is 2.26 bits per heavy atom. The van der Waals surface area contributed by atoms with Gasteiger partial charge in [0.1, 0.15) is 17.2 Å². The zero-order chi connectivity index (χ0) is 19.4. The summed E-state index contributed by atoms with van der Waals surface area (Å²) in [5, 5.41) is 14.9. The molecule has 0 unspecified atom stereocenters. The number of nitrogens with one attached hydrogen (secondary N) is 1. The molecule has 0 aromatic heterocycles. The second-order valence-corrected chi connectivity index (χ2v) is 6.76. The Morgan fingerprint density at radius 1 is 1.07 bits per heavy atom. The number of nitrogens with zero attached hydrogens (tertiary/aromatic N) is 2. The monoisotopic (exact) mass is 371 g/mol. The summed E-state index contributed by atoms with van der Waals surface area (Å²) in [5.41, 5.74) is 2.73. The number of aryl methyl sites for hydroxylation is 1. The fraction of sp³-hybridized carbons (Fsp3) is 0.400. The molecule has 0 saturated carbocycles. The highest BCUT2D eigenvalue weighted by molar-refractivity contribution is 5.64. The molecule has 1 fully saturated rings. The van der Waals surface area contributed by atoms with Gasteiger partial charge in [-0.3, -0.25) is 10.1 Å². The summed E-state index contributed by atoms with van der Waals surface area (Å²) >= 11 is 0. The molecule has 0 spiro atoms. The van der Waals surface area contributed by atoms with Gasteiger partial charge >= 0.3 is 0 Å². The van der Waals surface area contributed by atoms with Crippen molar-refractivity contribution in [2.45, 2.75) is 25.8 Å². The highest BCUT2D eigenvalue weighted by Crippen LogP contribution is 2.32. The van der Waals surface area contributed by atoms with E-state index in [1.165, 1.54) is 0 Å². The largest absolute Gasteiger partial charge is 0.497 e. The van der Waals surface area contributed by atoms with Crippen molar-refractivity contribution in [2.75, 3.05) is 37.5 Å². The van der Waals surface area contributed by atoms with E-state index in [0.717, 1.165) is 48.7 Å². The predicted molar refractivity (Wildman–Crippen MR) is 106 cm³/mol. The van der Waals surface area contributed by atoms with Gasteiger partial charge in [-0.15, -0.1) is 0 Å². The fourth-order valence-corrected chi connectivity index (χ4v) is 3.44. The molecule has 7 heteroatoms. The van der Waals surface area contributed by atoms with E-state index in [2.05, 4.69) is 10.2 Å². The molecular formula is C20H25N3O4. The summed E-state index contributed by atoms with van der Waals surface area (Å²) in [4.78, 5) is 13.2. The molecule has 0 aliphatic carbocycles. The molecule has 0 radical (unpaired) electrons. The zero-order valence-corrected chi connectivity index (χ0v) is 15.9. The molecule has 7 nitrogen and oxygen atoms in total. The third-order valence-electron chi connectivity index (χ3n) is 4.89. The maximum atomic E-state index is 11.4. The summed E-state index contributed by atoms with van der Waals surface area (Å²) in [6.07, 6.45) is 1.79. The maximum absolute atomic E-state index is 11.4. The van der Waals surface area contributed by atoms with Gasteiger partial charge in [0.05, 0.1) is 19.1 Å². The van der Waals surface area contributed by atoms with Crippen molar-refractivity contribution in [3.05, 3.63) is 52.1 Å². The number of piperidine rings is 1. The van der Waals surface area contributed by atoms with Crippen LogP contribution in [0.2, 0.25) is 0 Å². The summed E-state index contributed by atoms with van der Waals surface area (Å²) in [7, 11) is 3.26. The third-order valence-corrected chi connectivity index (χ3v) is 4.89. The van der Waals surface area contributed by atoms with Gasteiger partial charge in [-0.2, -0.15) is 0 Å². The van der Waals surface area contributed by atoms with Crippen molar-refractivity contribution in [3.8, 4) is 11.5 Å². The topological polar surface area (TPSA) is 76.9 Å². The first-order valence-corrected chi connectivity index (χ1v) is 8.99. The van der Waals surface area contributed by atoms with Crippen LogP contribution in [-0.2, 0) is 0 Å². The van der Waals surface area contributed by atoms with Gasteiger partial charge in [0.15, 0.2) is 0 Å². The van der Waals surface area contributed by atoms with E-state index in [9.17, 15) is 10.1 Å². The van der Waals surface area contributed by atoms with Crippen molar-refractivity contribution in [3.63, 3.8) is 0 Å². The SMILES string of the molecule is COc1cc(NC2CCN(c3ccc(C)cc3[N+](=O)[O-])CC2)cc(OC)c1. The number of ether oxygens (including phenoxy) is 2. The molecule has 1 saturated heterocycles. The van der Waals surface area contributed by atoms with Crippen LogP contribution < -0.4 is 19.7 Å². The van der Waals surface area contributed by atoms with E-state index in [4.69, 9.17) is 9.47 Å². The van der Waals surface area contributed by atoms with Gasteiger partial charge in [0.25, 0.3) is 5.69 Å². The van der Waals surface area contributed by atoms with Crippen LogP contribution in [0.4, 0.5) is 17.1 Å². The van der Waals surface area contributed by atoms with Gasteiger partial charge in [0.2, 0.25) is 0 Å².